The van der Waals surface area contributed by atoms with Crippen molar-refractivity contribution in [3.8, 4) is 0 Å². The third-order valence-electron chi connectivity index (χ3n) is 3.81. The molecule has 0 atom stereocenters. The lowest BCUT2D eigenvalue weighted by molar-refractivity contribution is 0.0673. The molecule has 18 heavy (non-hydrogen) atoms. The third-order valence-corrected chi connectivity index (χ3v) is 3.81. The van der Waals surface area contributed by atoms with E-state index in [1.807, 2.05) is 0 Å². The number of carbonyl (C=O) groups is 1. The molecule has 0 radical (unpaired) electrons. The van der Waals surface area contributed by atoms with Crippen molar-refractivity contribution in [2.24, 2.45) is 11.1 Å². The molecule has 0 aliphatic heterocycles. The molecular weight excluding hydrogens is 232 g/mol. The van der Waals surface area contributed by atoms with Crippen molar-refractivity contribution in [3.05, 3.63) is 11.4 Å². The number of aromatic nitrogens is 3. The van der Waals surface area contributed by atoms with Gasteiger partial charge in [0.1, 0.15) is 5.69 Å². The number of carboxylic acids is 1. The summed E-state index contributed by atoms with van der Waals surface area (Å²) in [5.74, 6) is -0.995. The van der Waals surface area contributed by atoms with E-state index in [0.29, 0.717) is 11.1 Å². The summed E-state index contributed by atoms with van der Waals surface area (Å²) >= 11 is 0. The van der Waals surface area contributed by atoms with E-state index in [9.17, 15) is 9.90 Å². The fraction of sp³-hybridized carbons (Fsp3) is 0.750. The molecule has 0 spiro atoms. The fourth-order valence-electron chi connectivity index (χ4n) is 2.57. The van der Waals surface area contributed by atoms with Crippen molar-refractivity contribution >= 4 is 5.97 Å². The lowest BCUT2D eigenvalue weighted by atomic mass is 9.75. The zero-order valence-corrected chi connectivity index (χ0v) is 10.9. The highest BCUT2D eigenvalue weighted by molar-refractivity contribution is 5.86. The van der Waals surface area contributed by atoms with Gasteiger partial charge in [-0.2, -0.15) is 0 Å². The molecule has 0 saturated heterocycles. The smallest absolute Gasteiger partial charge is 0.356 e. The quantitative estimate of drug-likeness (QED) is 0.851. The van der Waals surface area contributed by atoms with Gasteiger partial charge in [-0.05, 0) is 31.1 Å². The SMILES string of the molecule is CC1(C)CCC(n2nnc(CN)c2C(=O)O)CC1. The second-order valence-electron chi connectivity index (χ2n) is 5.73. The van der Waals surface area contributed by atoms with E-state index in [1.165, 1.54) is 0 Å². The van der Waals surface area contributed by atoms with Gasteiger partial charge < -0.3 is 10.8 Å². The lowest BCUT2D eigenvalue weighted by Crippen LogP contribution is -2.26. The number of hydrogen-bond acceptors (Lipinski definition) is 4. The molecule has 1 aliphatic rings. The Balaban J connectivity index is 2.24. The van der Waals surface area contributed by atoms with Gasteiger partial charge in [0.05, 0.1) is 6.04 Å². The summed E-state index contributed by atoms with van der Waals surface area (Å²) in [6, 6.07) is 0.136. The zero-order valence-electron chi connectivity index (χ0n) is 10.9. The van der Waals surface area contributed by atoms with E-state index < -0.39 is 5.97 Å². The third kappa shape index (κ3) is 2.38. The summed E-state index contributed by atoms with van der Waals surface area (Å²) in [5, 5.41) is 17.1. The number of nitrogens with two attached hydrogens (primary N) is 1. The first-order chi connectivity index (χ1) is 8.44. The van der Waals surface area contributed by atoms with Crippen LogP contribution in [0.25, 0.3) is 0 Å². The van der Waals surface area contributed by atoms with Gasteiger partial charge in [0, 0.05) is 6.54 Å². The van der Waals surface area contributed by atoms with Crippen LogP contribution in [0.1, 0.15) is 61.8 Å². The largest absolute Gasteiger partial charge is 0.476 e. The molecule has 0 amide bonds. The van der Waals surface area contributed by atoms with Gasteiger partial charge in [0.25, 0.3) is 0 Å². The normalized spacial score (nSPS) is 19.9. The van der Waals surface area contributed by atoms with Crippen molar-refractivity contribution < 1.29 is 9.90 Å². The minimum atomic E-state index is -0.995. The predicted molar refractivity (Wildman–Crippen MR) is 66.2 cm³/mol. The fourth-order valence-corrected chi connectivity index (χ4v) is 2.57. The van der Waals surface area contributed by atoms with Gasteiger partial charge in [-0.25, -0.2) is 9.48 Å². The zero-order chi connectivity index (χ0) is 13.3. The summed E-state index contributed by atoms with van der Waals surface area (Å²) < 4.78 is 1.56. The summed E-state index contributed by atoms with van der Waals surface area (Å²) in [5.41, 5.74) is 6.36. The van der Waals surface area contributed by atoms with Gasteiger partial charge in [-0.3, -0.25) is 0 Å². The number of aromatic carboxylic acids is 1. The summed E-state index contributed by atoms with van der Waals surface area (Å²) in [7, 11) is 0. The van der Waals surface area contributed by atoms with Crippen LogP contribution >= 0.6 is 0 Å². The van der Waals surface area contributed by atoms with Gasteiger partial charge in [0.15, 0.2) is 5.69 Å². The number of hydrogen-bond donors (Lipinski definition) is 2. The first-order valence-electron chi connectivity index (χ1n) is 6.32. The Hall–Kier alpha value is -1.43. The standard InChI is InChI=1S/C12H20N4O2/c1-12(2)5-3-8(4-6-12)16-10(11(17)18)9(7-13)14-15-16/h8H,3-7,13H2,1-2H3,(H,17,18). The van der Waals surface area contributed by atoms with Crippen molar-refractivity contribution in [3.63, 3.8) is 0 Å². The highest BCUT2D eigenvalue weighted by Gasteiger charge is 2.31. The van der Waals surface area contributed by atoms with Gasteiger partial charge in [0.2, 0.25) is 0 Å². The maximum atomic E-state index is 11.3. The highest BCUT2D eigenvalue weighted by Crippen LogP contribution is 2.40. The number of rotatable bonds is 3. The molecular formula is C12H20N4O2. The number of carboxylic acid groups (broad SMARTS) is 1. The summed E-state index contributed by atoms with van der Waals surface area (Å²) in [6.07, 6.45) is 4.05. The van der Waals surface area contributed by atoms with Crippen LogP contribution in [0.4, 0.5) is 0 Å². The van der Waals surface area contributed by atoms with Crippen LogP contribution in [0, 0.1) is 5.41 Å². The summed E-state index contributed by atoms with van der Waals surface area (Å²) in [6.45, 7) is 4.60. The van der Waals surface area contributed by atoms with Crippen LogP contribution in [0.5, 0.6) is 0 Å². The van der Waals surface area contributed by atoms with Crippen LogP contribution in [0.3, 0.4) is 0 Å². The van der Waals surface area contributed by atoms with Gasteiger partial charge >= 0.3 is 5.97 Å². The molecule has 6 heteroatoms. The predicted octanol–water partition coefficient (Wildman–Crippen LogP) is 1.58. The van der Waals surface area contributed by atoms with Crippen LogP contribution in [-0.2, 0) is 6.54 Å². The molecule has 2 rings (SSSR count). The van der Waals surface area contributed by atoms with E-state index in [4.69, 9.17) is 5.73 Å². The maximum absolute atomic E-state index is 11.3. The highest BCUT2D eigenvalue weighted by atomic mass is 16.4. The Bertz CT molecular complexity index is 443. The Morgan fingerprint density at radius 2 is 2.11 bits per heavy atom. The van der Waals surface area contributed by atoms with E-state index >= 15 is 0 Å². The average molecular weight is 252 g/mol. The topological polar surface area (TPSA) is 94.0 Å². The molecule has 100 valence electrons. The van der Waals surface area contributed by atoms with Crippen molar-refractivity contribution in [2.45, 2.75) is 52.1 Å². The minimum absolute atomic E-state index is 0.111. The van der Waals surface area contributed by atoms with E-state index in [0.717, 1.165) is 25.7 Å². The second-order valence-corrected chi connectivity index (χ2v) is 5.73. The Labute approximate surface area is 106 Å². The van der Waals surface area contributed by atoms with Crippen molar-refractivity contribution in [2.75, 3.05) is 0 Å². The van der Waals surface area contributed by atoms with Crippen LogP contribution < -0.4 is 5.73 Å². The average Bonchev–Trinajstić information content (AvgIpc) is 2.72. The number of nitrogens with zero attached hydrogens (tertiary/aromatic N) is 3. The molecule has 1 heterocycles. The maximum Gasteiger partial charge on any atom is 0.356 e. The molecule has 0 aromatic carbocycles. The molecule has 1 fully saturated rings. The van der Waals surface area contributed by atoms with E-state index in [-0.39, 0.29) is 18.3 Å². The second kappa shape index (κ2) is 4.68. The minimum Gasteiger partial charge on any atom is -0.476 e. The first-order valence-corrected chi connectivity index (χ1v) is 6.32. The van der Waals surface area contributed by atoms with Crippen LogP contribution in [0.15, 0.2) is 0 Å². The van der Waals surface area contributed by atoms with Gasteiger partial charge in [-0.15, -0.1) is 5.10 Å². The Morgan fingerprint density at radius 3 is 2.61 bits per heavy atom. The van der Waals surface area contributed by atoms with Crippen LogP contribution in [0.2, 0.25) is 0 Å². The Morgan fingerprint density at radius 1 is 1.50 bits per heavy atom. The van der Waals surface area contributed by atoms with E-state index in [2.05, 4.69) is 24.2 Å². The molecule has 6 nitrogen and oxygen atoms in total. The van der Waals surface area contributed by atoms with E-state index in [1.54, 1.807) is 4.68 Å². The first kappa shape index (κ1) is 13.0. The summed E-state index contributed by atoms with van der Waals surface area (Å²) in [4.78, 5) is 11.3. The molecule has 1 aromatic heterocycles. The molecule has 3 N–H and O–H groups in total. The van der Waals surface area contributed by atoms with Crippen molar-refractivity contribution in [1.29, 1.82) is 0 Å². The monoisotopic (exact) mass is 252 g/mol. The molecule has 0 bridgehead atoms. The molecule has 1 saturated carbocycles. The van der Waals surface area contributed by atoms with Crippen molar-refractivity contribution in [1.82, 2.24) is 15.0 Å². The van der Waals surface area contributed by atoms with Crippen LogP contribution in [-0.4, -0.2) is 26.1 Å². The lowest BCUT2D eigenvalue weighted by Gasteiger charge is -2.34. The van der Waals surface area contributed by atoms with Gasteiger partial charge in [-0.1, -0.05) is 19.1 Å². The Kier molecular flexibility index (Phi) is 3.38. The molecule has 1 aliphatic carbocycles. The molecule has 0 unspecified atom stereocenters. The molecule has 1 aromatic rings.